The third kappa shape index (κ3) is 5.21. The number of nitrogens with zero attached hydrogens (tertiary/aromatic N) is 4. The predicted octanol–water partition coefficient (Wildman–Crippen LogP) is 3.77. The summed E-state index contributed by atoms with van der Waals surface area (Å²) in [6.45, 7) is 9.45. The van der Waals surface area contributed by atoms with Gasteiger partial charge in [-0.05, 0) is 42.6 Å². The molecule has 0 aliphatic heterocycles. The van der Waals surface area contributed by atoms with Crippen molar-refractivity contribution in [2.75, 3.05) is 11.9 Å². The van der Waals surface area contributed by atoms with Gasteiger partial charge < -0.3 is 10.6 Å². The summed E-state index contributed by atoms with van der Waals surface area (Å²) in [5.74, 6) is -0.851. The van der Waals surface area contributed by atoms with Gasteiger partial charge in [0, 0.05) is 19.3 Å². The molecule has 8 nitrogen and oxygen atoms in total. The largest absolute Gasteiger partial charge is 0.436 e. The minimum Gasteiger partial charge on any atom is -0.350 e. The molecule has 0 aliphatic rings. The van der Waals surface area contributed by atoms with E-state index in [1.54, 1.807) is 0 Å². The first-order valence-electron chi connectivity index (χ1n) is 9.35. The van der Waals surface area contributed by atoms with Gasteiger partial charge in [-0.15, -0.1) is 0 Å². The molecule has 2 heterocycles. The predicted molar refractivity (Wildman–Crippen MR) is 108 cm³/mol. The smallest absolute Gasteiger partial charge is 0.350 e. The fourth-order valence-electron chi connectivity index (χ4n) is 2.63. The molecular formula is C18H24BrF3N6O2. The van der Waals surface area contributed by atoms with Gasteiger partial charge in [0.05, 0.1) is 15.9 Å². The summed E-state index contributed by atoms with van der Waals surface area (Å²) < 4.78 is 41.6. The van der Waals surface area contributed by atoms with Gasteiger partial charge in [0.15, 0.2) is 11.4 Å². The fraction of sp³-hybridized carbons (Fsp3) is 0.556. The van der Waals surface area contributed by atoms with Gasteiger partial charge in [0.1, 0.15) is 6.04 Å². The Bertz CT molecular complexity index is 935. The molecule has 30 heavy (non-hydrogen) atoms. The minimum absolute atomic E-state index is 0.0346. The number of aryl methyl sites for hydroxylation is 1. The van der Waals surface area contributed by atoms with Crippen LogP contribution < -0.4 is 10.6 Å². The average molecular weight is 493 g/mol. The third-order valence-corrected chi connectivity index (χ3v) is 5.27. The molecule has 0 radical (unpaired) electrons. The number of nitrogens with one attached hydrogen (secondary N) is 2. The summed E-state index contributed by atoms with van der Waals surface area (Å²) in [7, 11) is 0. The van der Waals surface area contributed by atoms with Crippen molar-refractivity contribution in [3.63, 3.8) is 0 Å². The second kappa shape index (κ2) is 9.19. The molecule has 1 atom stereocenters. The monoisotopic (exact) mass is 492 g/mol. The van der Waals surface area contributed by atoms with Crippen LogP contribution >= 0.6 is 15.9 Å². The Balaban J connectivity index is 2.28. The first-order valence-corrected chi connectivity index (χ1v) is 10.1. The molecule has 166 valence electrons. The Morgan fingerprint density at radius 1 is 1.23 bits per heavy atom. The molecule has 12 heteroatoms. The summed E-state index contributed by atoms with van der Waals surface area (Å²) >= 11 is 2.89. The molecule has 0 saturated carbocycles. The summed E-state index contributed by atoms with van der Waals surface area (Å²) in [5, 5.41) is 13.0. The summed E-state index contributed by atoms with van der Waals surface area (Å²) in [5.41, 5.74) is -0.737. The number of amides is 2. The number of hydrogen-bond acceptors (Lipinski definition) is 4. The number of rotatable bonds is 7. The van der Waals surface area contributed by atoms with Crippen LogP contribution in [-0.2, 0) is 17.5 Å². The molecular weight excluding hydrogens is 469 g/mol. The quantitative estimate of drug-likeness (QED) is 0.614. The van der Waals surface area contributed by atoms with Gasteiger partial charge in [0.2, 0.25) is 5.91 Å². The number of aromatic nitrogens is 4. The van der Waals surface area contributed by atoms with E-state index >= 15 is 0 Å². The molecule has 0 unspecified atom stereocenters. The molecule has 2 rings (SSSR count). The summed E-state index contributed by atoms with van der Waals surface area (Å²) in [6.07, 6.45) is -3.16. The van der Waals surface area contributed by atoms with Crippen molar-refractivity contribution in [1.82, 2.24) is 24.9 Å². The van der Waals surface area contributed by atoms with Crippen molar-refractivity contribution >= 4 is 33.4 Å². The lowest BCUT2D eigenvalue weighted by atomic mass is 10.2. The van der Waals surface area contributed by atoms with Gasteiger partial charge in [-0.2, -0.15) is 23.4 Å². The molecule has 2 N–H and O–H groups in total. The maximum atomic E-state index is 13.1. The SMILES string of the molecule is CCn1cc(NC(=O)[C@@H](C)n2nc(C(F)(F)F)c(Br)c2C)c(C(=O)NCC(C)C)n1. The molecule has 2 amide bonds. The maximum absolute atomic E-state index is 13.1. The standard InChI is InChI=1S/C18H24BrF3N6O2/c1-6-27-8-12(14(25-27)17(30)23-7-9(2)3)24-16(29)11(5)28-10(4)13(19)15(26-28)18(20,21)22/h8-9,11H,6-7H2,1-5H3,(H,23,30)(H,24,29)/t11-/m1/s1. The van der Waals surface area contributed by atoms with Crippen LogP contribution in [0.3, 0.4) is 0 Å². The third-order valence-electron chi connectivity index (χ3n) is 4.32. The van der Waals surface area contributed by atoms with Crippen molar-refractivity contribution in [3.05, 3.63) is 27.8 Å². The molecule has 0 saturated heterocycles. The van der Waals surface area contributed by atoms with E-state index in [-0.39, 0.29) is 27.5 Å². The van der Waals surface area contributed by atoms with Gasteiger partial charge in [-0.3, -0.25) is 19.0 Å². The Hall–Kier alpha value is -2.37. The van der Waals surface area contributed by atoms with Crippen LogP contribution in [0.5, 0.6) is 0 Å². The van der Waals surface area contributed by atoms with Gasteiger partial charge in [-0.1, -0.05) is 13.8 Å². The lowest BCUT2D eigenvalue weighted by molar-refractivity contribution is -0.142. The zero-order chi connectivity index (χ0) is 22.8. The van der Waals surface area contributed by atoms with Crippen molar-refractivity contribution in [1.29, 1.82) is 0 Å². The van der Waals surface area contributed by atoms with E-state index in [0.29, 0.717) is 13.1 Å². The first-order chi connectivity index (χ1) is 13.9. The highest BCUT2D eigenvalue weighted by Gasteiger charge is 2.39. The summed E-state index contributed by atoms with van der Waals surface area (Å²) in [6, 6.07) is -1.06. The number of hydrogen-bond donors (Lipinski definition) is 2. The van der Waals surface area contributed by atoms with Crippen molar-refractivity contribution in [2.45, 2.75) is 53.4 Å². The molecule has 2 aromatic heterocycles. The van der Waals surface area contributed by atoms with Crippen LogP contribution in [0.2, 0.25) is 0 Å². The highest BCUT2D eigenvalue weighted by Crippen LogP contribution is 2.36. The van der Waals surface area contributed by atoms with Crippen LogP contribution in [-0.4, -0.2) is 37.9 Å². The van der Waals surface area contributed by atoms with Crippen LogP contribution in [0.1, 0.15) is 55.6 Å². The zero-order valence-corrected chi connectivity index (χ0v) is 18.8. The Labute approximate surface area is 180 Å². The van der Waals surface area contributed by atoms with Crippen LogP contribution in [0.25, 0.3) is 0 Å². The second-order valence-corrected chi connectivity index (χ2v) is 8.00. The van der Waals surface area contributed by atoms with E-state index in [1.807, 2.05) is 20.8 Å². The number of halogens is 4. The molecule has 0 aromatic carbocycles. The van der Waals surface area contributed by atoms with Crippen LogP contribution in [0, 0.1) is 12.8 Å². The topological polar surface area (TPSA) is 93.8 Å². The Morgan fingerprint density at radius 3 is 2.37 bits per heavy atom. The number of anilines is 1. The van der Waals surface area contributed by atoms with Crippen molar-refractivity contribution in [2.24, 2.45) is 5.92 Å². The highest BCUT2D eigenvalue weighted by molar-refractivity contribution is 9.10. The van der Waals surface area contributed by atoms with E-state index in [9.17, 15) is 22.8 Å². The lowest BCUT2D eigenvalue weighted by Crippen LogP contribution is -2.30. The number of carbonyl (C=O) groups is 2. The molecule has 0 bridgehead atoms. The van der Waals surface area contributed by atoms with Gasteiger partial charge in [-0.25, -0.2) is 0 Å². The minimum atomic E-state index is -4.66. The van der Waals surface area contributed by atoms with E-state index < -0.39 is 29.7 Å². The molecule has 0 fully saturated rings. The highest BCUT2D eigenvalue weighted by atomic mass is 79.9. The summed E-state index contributed by atoms with van der Waals surface area (Å²) in [4.78, 5) is 25.2. The van der Waals surface area contributed by atoms with E-state index in [4.69, 9.17) is 0 Å². The molecule has 2 aromatic rings. The first kappa shape index (κ1) is 23.9. The van der Waals surface area contributed by atoms with Crippen molar-refractivity contribution < 1.29 is 22.8 Å². The Kier molecular flexibility index (Phi) is 7.32. The van der Waals surface area contributed by atoms with Crippen molar-refractivity contribution in [3.8, 4) is 0 Å². The normalized spacial score (nSPS) is 12.9. The lowest BCUT2D eigenvalue weighted by Gasteiger charge is -2.14. The average Bonchev–Trinajstić information content (AvgIpc) is 3.20. The fourth-order valence-corrected chi connectivity index (χ4v) is 3.11. The number of carbonyl (C=O) groups excluding carboxylic acids is 2. The van der Waals surface area contributed by atoms with Crippen LogP contribution in [0.15, 0.2) is 10.7 Å². The van der Waals surface area contributed by atoms with Gasteiger partial charge in [0.25, 0.3) is 5.91 Å². The van der Waals surface area contributed by atoms with Gasteiger partial charge >= 0.3 is 6.18 Å². The zero-order valence-electron chi connectivity index (χ0n) is 17.3. The van der Waals surface area contributed by atoms with Crippen LogP contribution in [0.4, 0.5) is 18.9 Å². The number of alkyl halides is 3. The van der Waals surface area contributed by atoms with E-state index in [2.05, 4.69) is 36.8 Å². The van der Waals surface area contributed by atoms with E-state index in [1.165, 1.54) is 24.7 Å². The molecule has 0 aliphatic carbocycles. The van der Waals surface area contributed by atoms with E-state index in [0.717, 1.165) is 4.68 Å². The second-order valence-electron chi connectivity index (χ2n) is 7.21. The molecule has 0 spiro atoms. The maximum Gasteiger partial charge on any atom is 0.436 e. The Morgan fingerprint density at radius 2 is 1.87 bits per heavy atom.